The van der Waals surface area contributed by atoms with Crippen LogP contribution in [0.4, 0.5) is 0 Å². The number of carbonyl (C=O) groups excluding carboxylic acids is 3. The van der Waals surface area contributed by atoms with Crippen LogP contribution in [0.25, 0.3) is 0 Å². The summed E-state index contributed by atoms with van der Waals surface area (Å²) in [4.78, 5) is 39.0. The first-order valence-electron chi connectivity index (χ1n) is 21.2. The van der Waals surface area contributed by atoms with E-state index in [1.54, 1.807) is 0 Å². The Morgan fingerprint density at radius 2 is 0.740 bits per heavy atom. The predicted molar refractivity (Wildman–Crippen MR) is 202 cm³/mol. The Labute approximate surface area is 307 Å². The Hall–Kier alpha value is -1.67. The van der Waals surface area contributed by atoms with Crippen molar-refractivity contribution >= 4 is 17.9 Å². The molecular formula is C42H78O8. The number of unbranched alkanes of at least 4 members (excludes halogenated alkanes) is 24. The van der Waals surface area contributed by atoms with Gasteiger partial charge in [0, 0.05) is 26.4 Å². The highest BCUT2D eigenvalue weighted by molar-refractivity contribution is 5.71. The second kappa shape index (κ2) is 33.2. The summed E-state index contributed by atoms with van der Waals surface area (Å²) in [6, 6.07) is 0. The van der Waals surface area contributed by atoms with E-state index in [4.69, 9.17) is 23.7 Å². The second-order valence-corrected chi connectivity index (χ2v) is 14.6. The number of esters is 3. The molecule has 0 aromatic carbocycles. The maximum absolute atomic E-state index is 13.1. The van der Waals surface area contributed by atoms with Gasteiger partial charge < -0.3 is 23.7 Å². The summed E-state index contributed by atoms with van der Waals surface area (Å²) in [5, 5.41) is 0. The first-order chi connectivity index (χ1) is 24.5. The average Bonchev–Trinajstić information content (AvgIpc) is 3.10. The van der Waals surface area contributed by atoms with E-state index < -0.39 is 24.6 Å². The molecule has 0 unspecified atom stereocenters. The Morgan fingerprint density at radius 3 is 1.08 bits per heavy atom. The fourth-order valence-electron chi connectivity index (χ4n) is 6.70. The summed E-state index contributed by atoms with van der Waals surface area (Å²) in [5.74, 6) is -1.11. The normalized spacial score (nSPS) is 19.0. The van der Waals surface area contributed by atoms with E-state index in [9.17, 15) is 14.4 Å². The summed E-state index contributed by atoms with van der Waals surface area (Å²) in [5.41, 5.74) is 0. The third kappa shape index (κ3) is 24.5. The standard InChI is InChI=1S/C42H78O8/c1-5-8-11-14-17-20-23-26-29-32-37(43)48-36-35-47-42(46-4)41(50-39(45)34-31-28-25-22-19-16-13-10-7-3)40(36)49-38(44)33-30-27-24-21-18-15-12-9-6-2/h36,40-42H,5-35H2,1-4H3/t36-,40-,41+,42+/m0/s1. The van der Waals surface area contributed by atoms with Crippen molar-refractivity contribution < 1.29 is 38.1 Å². The molecule has 1 aliphatic rings. The number of hydrogen-bond donors (Lipinski definition) is 0. The minimum Gasteiger partial charge on any atom is -0.456 e. The summed E-state index contributed by atoms with van der Waals surface area (Å²) >= 11 is 0. The summed E-state index contributed by atoms with van der Waals surface area (Å²) in [7, 11) is 1.48. The molecule has 0 N–H and O–H groups in total. The fourth-order valence-corrected chi connectivity index (χ4v) is 6.70. The van der Waals surface area contributed by atoms with Gasteiger partial charge in [0.25, 0.3) is 0 Å². The van der Waals surface area contributed by atoms with E-state index in [-0.39, 0.29) is 37.4 Å². The molecule has 4 atom stereocenters. The van der Waals surface area contributed by atoms with Crippen LogP contribution in [0, 0.1) is 0 Å². The zero-order valence-electron chi connectivity index (χ0n) is 33.0. The number of hydrogen-bond acceptors (Lipinski definition) is 8. The van der Waals surface area contributed by atoms with Gasteiger partial charge >= 0.3 is 17.9 Å². The van der Waals surface area contributed by atoms with Gasteiger partial charge in [0.15, 0.2) is 24.6 Å². The molecule has 0 aliphatic carbocycles. The second-order valence-electron chi connectivity index (χ2n) is 14.6. The molecule has 0 aromatic rings. The van der Waals surface area contributed by atoms with Crippen LogP contribution in [0.2, 0.25) is 0 Å². The van der Waals surface area contributed by atoms with Crippen LogP contribution in [-0.2, 0) is 38.1 Å². The Morgan fingerprint density at radius 1 is 0.440 bits per heavy atom. The topological polar surface area (TPSA) is 97.4 Å². The first kappa shape index (κ1) is 46.4. The Balaban J connectivity index is 2.67. The molecule has 1 aliphatic heterocycles. The van der Waals surface area contributed by atoms with Gasteiger partial charge in [0.05, 0.1) is 6.61 Å². The van der Waals surface area contributed by atoms with Crippen molar-refractivity contribution in [3.05, 3.63) is 0 Å². The molecule has 0 aromatic heterocycles. The highest BCUT2D eigenvalue weighted by atomic mass is 16.7. The van der Waals surface area contributed by atoms with E-state index >= 15 is 0 Å². The van der Waals surface area contributed by atoms with E-state index in [0.717, 1.165) is 57.8 Å². The first-order valence-corrected chi connectivity index (χ1v) is 21.2. The van der Waals surface area contributed by atoms with Crippen LogP contribution < -0.4 is 0 Å². The molecule has 0 amide bonds. The van der Waals surface area contributed by atoms with Crippen molar-refractivity contribution in [2.45, 2.75) is 238 Å². The average molecular weight is 711 g/mol. The maximum atomic E-state index is 13.1. The van der Waals surface area contributed by atoms with Crippen molar-refractivity contribution in [2.24, 2.45) is 0 Å². The van der Waals surface area contributed by atoms with Crippen LogP contribution >= 0.6 is 0 Å². The SMILES string of the molecule is CCCCCCCCCCCC(=O)O[C@@H]1[C@@H](OC(=O)CCCCCCCCCCC)[C@H](OC)OC[C@@H]1OC(=O)CCCCCCCCCCC. The van der Waals surface area contributed by atoms with E-state index in [2.05, 4.69) is 20.8 Å². The van der Waals surface area contributed by atoms with Crippen molar-refractivity contribution in [3.8, 4) is 0 Å². The van der Waals surface area contributed by atoms with Crippen LogP contribution in [0.5, 0.6) is 0 Å². The van der Waals surface area contributed by atoms with Crippen molar-refractivity contribution in [3.63, 3.8) is 0 Å². The zero-order valence-corrected chi connectivity index (χ0v) is 33.0. The monoisotopic (exact) mass is 711 g/mol. The molecule has 0 spiro atoms. The van der Waals surface area contributed by atoms with Crippen LogP contribution in [0.15, 0.2) is 0 Å². The van der Waals surface area contributed by atoms with Gasteiger partial charge in [-0.2, -0.15) is 0 Å². The Bertz CT molecular complexity index is 818. The quantitative estimate of drug-likeness (QED) is 0.0370. The molecule has 1 rings (SSSR count). The van der Waals surface area contributed by atoms with Gasteiger partial charge in [-0.1, -0.05) is 175 Å². The van der Waals surface area contributed by atoms with Gasteiger partial charge in [-0.25, -0.2) is 0 Å². The van der Waals surface area contributed by atoms with Gasteiger partial charge in [0.2, 0.25) is 0 Å². The van der Waals surface area contributed by atoms with Crippen LogP contribution in [0.3, 0.4) is 0 Å². The summed E-state index contributed by atoms with van der Waals surface area (Å²) in [6.07, 6.45) is 28.1. The van der Waals surface area contributed by atoms with Crippen molar-refractivity contribution in [1.29, 1.82) is 0 Å². The number of ether oxygens (including phenoxy) is 5. The fraction of sp³-hybridized carbons (Fsp3) is 0.929. The number of rotatable bonds is 34. The van der Waals surface area contributed by atoms with E-state index in [1.165, 1.54) is 123 Å². The summed E-state index contributed by atoms with van der Waals surface area (Å²) in [6.45, 7) is 6.69. The maximum Gasteiger partial charge on any atom is 0.306 e. The molecule has 50 heavy (non-hydrogen) atoms. The van der Waals surface area contributed by atoms with Gasteiger partial charge in [-0.15, -0.1) is 0 Å². The zero-order chi connectivity index (χ0) is 36.5. The number of carbonyl (C=O) groups is 3. The molecule has 0 radical (unpaired) electrons. The molecule has 0 bridgehead atoms. The predicted octanol–water partition coefficient (Wildman–Crippen LogP) is 11.5. The third-order valence-electron chi connectivity index (χ3n) is 9.89. The van der Waals surface area contributed by atoms with E-state index in [1.807, 2.05) is 0 Å². The molecule has 1 saturated heterocycles. The molecule has 294 valence electrons. The minimum absolute atomic E-state index is 0.00426. The lowest BCUT2D eigenvalue weighted by molar-refractivity contribution is -0.275. The van der Waals surface area contributed by atoms with Gasteiger partial charge in [0.1, 0.15) is 0 Å². The lowest BCUT2D eigenvalue weighted by Gasteiger charge is -2.40. The van der Waals surface area contributed by atoms with Crippen molar-refractivity contribution in [2.75, 3.05) is 13.7 Å². The molecule has 0 saturated carbocycles. The summed E-state index contributed by atoms with van der Waals surface area (Å²) < 4.78 is 29.1. The highest BCUT2D eigenvalue weighted by Gasteiger charge is 2.47. The number of methoxy groups -OCH3 is 1. The van der Waals surface area contributed by atoms with E-state index in [0.29, 0.717) is 6.42 Å². The Kier molecular flexibility index (Phi) is 30.8. The third-order valence-corrected chi connectivity index (χ3v) is 9.89. The molecular weight excluding hydrogens is 632 g/mol. The van der Waals surface area contributed by atoms with Crippen LogP contribution in [0.1, 0.15) is 213 Å². The smallest absolute Gasteiger partial charge is 0.306 e. The van der Waals surface area contributed by atoms with Crippen molar-refractivity contribution in [1.82, 2.24) is 0 Å². The lowest BCUT2D eigenvalue weighted by Crippen LogP contribution is -2.58. The molecule has 8 heteroatoms. The minimum atomic E-state index is -1.02. The molecule has 1 heterocycles. The largest absolute Gasteiger partial charge is 0.456 e. The highest BCUT2D eigenvalue weighted by Crippen LogP contribution is 2.27. The molecule has 1 fully saturated rings. The lowest BCUT2D eigenvalue weighted by atomic mass is 10.0. The molecule has 8 nitrogen and oxygen atoms in total. The van der Waals surface area contributed by atoms with Gasteiger partial charge in [-0.05, 0) is 19.3 Å². The van der Waals surface area contributed by atoms with Gasteiger partial charge in [-0.3, -0.25) is 14.4 Å². The van der Waals surface area contributed by atoms with Crippen LogP contribution in [-0.4, -0.2) is 56.2 Å².